The minimum atomic E-state index is -1.26. The highest BCUT2D eigenvalue weighted by molar-refractivity contribution is 6.31. The lowest BCUT2D eigenvalue weighted by molar-refractivity contribution is -0.255. The molecule has 0 amide bonds. The molecule has 0 aliphatic heterocycles. The van der Waals surface area contributed by atoms with Gasteiger partial charge in [-0.25, -0.2) is 0 Å². The Morgan fingerprint density at radius 1 is 1.11 bits per heavy atom. The average molecular weight is 262 g/mol. The molecule has 0 saturated carbocycles. The first-order valence-electron chi connectivity index (χ1n) is 5.35. The largest absolute Gasteiger partial charge is 0.545 e. The van der Waals surface area contributed by atoms with Crippen LogP contribution in [0.2, 0.25) is 5.02 Å². The van der Waals surface area contributed by atoms with Gasteiger partial charge in [-0.1, -0.05) is 41.9 Å². The summed E-state index contributed by atoms with van der Waals surface area (Å²) in [6.45, 7) is 0.212. The van der Waals surface area contributed by atoms with E-state index in [1.54, 1.807) is 24.3 Å². The lowest BCUT2D eigenvalue weighted by Gasteiger charge is -2.12. The fourth-order valence-electron chi connectivity index (χ4n) is 1.53. The van der Waals surface area contributed by atoms with Gasteiger partial charge in [0.05, 0.1) is 5.97 Å². The molecule has 0 spiro atoms. The molecule has 0 N–H and O–H groups in total. The van der Waals surface area contributed by atoms with E-state index in [9.17, 15) is 9.90 Å². The molecule has 0 heterocycles. The van der Waals surface area contributed by atoms with Crippen LogP contribution in [0.1, 0.15) is 15.9 Å². The van der Waals surface area contributed by atoms with Gasteiger partial charge in [-0.2, -0.15) is 0 Å². The SMILES string of the molecule is O=C([O-])c1ccccc1OCc1ccccc1Cl. The number of carboxylic acid groups (broad SMARTS) is 1. The van der Waals surface area contributed by atoms with E-state index in [-0.39, 0.29) is 17.9 Å². The molecule has 0 aliphatic rings. The van der Waals surface area contributed by atoms with Gasteiger partial charge in [-0.3, -0.25) is 0 Å². The van der Waals surface area contributed by atoms with Gasteiger partial charge in [0, 0.05) is 16.1 Å². The number of benzene rings is 2. The summed E-state index contributed by atoms with van der Waals surface area (Å²) in [5.41, 5.74) is 0.830. The van der Waals surface area contributed by atoms with Gasteiger partial charge < -0.3 is 14.6 Å². The Bertz CT molecular complexity index is 566. The summed E-state index contributed by atoms with van der Waals surface area (Å²) >= 11 is 5.98. The molecular weight excluding hydrogens is 252 g/mol. The van der Waals surface area contributed by atoms with E-state index >= 15 is 0 Å². The van der Waals surface area contributed by atoms with Crippen molar-refractivity contribution in [2.45, 2.75) is 6.61 Å². The van der Waals surface area contributed by atoms with Crippen molar-refractivity contribution in [2.75, 3.05) is 0 Å². The second kappa shape index (κ2) is 5.56. The Kier molecular flexibility index (Phi) is 3.85. The molecule has 2 rings (SSSR count). The molecule has 2 aromatic carbocycles. The molecule has 3 nitrogen and oxygen atoms in total. The lowest BCUT2D eigenvalue weighted by atomic mass is 10.2. The Morgan fingerprint density at radius 3 is 2.50 bits per heavy atom. The van der Waals surface area contributed by atoms with E-state index in [2.05, 4.69) is 0 Å². The summed E-state index contributed by atoms with van der Waals surface area (Å²) in [5, 5.41) is 11.5. The molecule has 0 bridgehead atoms. The minimum absolute atomic E-state index is 0.0320. The van der Waals surface area contributed by atoms with Crippen LogP contribution in [0.3, 0.4) is 0 Å². The standard InChI is InChI=1S/C14H11ClO3/c15-12-7-3-1-5-10(12)9-18-13-8-4-2-6-11(13)14(16)17/h1-8H,9H2,(H,16,17)/p-1. The summed E-state index contributed by atoms with van der Waals surface area (Å²) < 4.78 is 5.46. The molecule has 0 aliphatic carbocycles. The van der Waals surface area contributed by atoms with E-state index in [0.717, 1.165) is 5.56 Å². The quantitative estimate of drug-likeness (QED) is 0.848. The van der Waals surface area contributed by atoms with Crippen LogP contribution in [0, 0.1) is 0 Å². The van der Waals surface area contributed by atoms with Crippen molar-refractivity contribution < 1.29 is 14.6 Å². The molecule has 0 fully saturated rings. The topological polar surface area (TPSA) is 49.4 Å². The van der Waals surface area contributed by atoms with E-state index < -0.39 is 5.97 Å². The predicted octanol–water partition coefficient (Wildman–Crippen LogP) is 2.28. The molecular formula is C14H10ClO3-. The monoisotopic (exact) mass is 261 g/mol. The molecule has 0 atom stereocenters. The minimum Gasteiger partial charge on any atom is -0.545 e. The van der Waals surface area contributed by atoms with Crippen molar-refractivity contribution in [1.29, 1.82) is 0 Å². The van der Waals surface area contributed by atoms with E-state index in [4.69, 9.17) is 16.3 Å². The number of aromatic carboxylic acids is 1. The number of rotatable bonds is 4. The van der Waals surface area contributed by atoms with Crippen LogP contribution in [-0.2, 0) is 6.61 Å². The van der Waals surface area contributed by atoms with Gasteiger partial charge in [-0.15, -0.1) is 0 Å². The van der Waals surface area contributed by atoms with E-state index in [1.807, 2.05) is 18.2 Å². The zero-order chi connectivity index (χ0) is 13.0. The third-order valence-corrected chi connectivity index (χ3v) is 2.82. The molecule has 0 unspecified atom stereocenters. The summed E-state index contributed by atoms with van der Waals surface area (Å²) in [6.07, 6.45) is 0. The normalized spacial score (nSPS) is 10.1. The number of hydrogen-bond donors (Lipinski definition) is 0. The zero-order valence-electron chi connectivity index (χ0n) is 9.43. The maximum Gasteiger partial charge on any atom is 0.128 e. The molecule has 92 valence electrons. The summed E-state index contributed by atoms with van der Waals surface area (Å²) in [4.78, 5) is 10.9. The first kappa shape index (κ1) is 12.5. The van der Waals surface area contributed by atoms with Crippen LogP contribution < -0.4 is 9.84 Å². The number of carbonyl (C=O) groups is 1. The maximum absolute atomic E-state index is 10.9. The van der Waals surface area contributed by atoms with Crippen molar-refractivity contribution in [2.24, 2.45) is 0 Å². The number of carbonyl (C=O) groups excluding carboxylic acids is 1. The van der Waals surface area contributed by atoms with Crippen molar-refractivity contribution in [1.82, 2.24) is 0 Å². The maximum atomic E-state index is 10.9. The molecule has 0 saturated heterocycles. The first-order valence-corrected chi connectivity index (χ1v) is 5.73. The van der Waals surface area contributed by atoms with Crippen molar-refractivity contribution >= 4 is 17.6 Å². The number of carboxylic acids is 1. The third kappa shape index (κ3) is 2.81. The summed E-state index contributed by atoms with van der Waals surface area (Å²) in [5.74, 6) is -0.984. The second-order valence-electron chi connectivity index (χ2n) is 3.66. The van der Waals surface area contributed by atoms with Crippen LogP contribution in [0.25, 0.3) is 0 Å². The van der Waals surface area contributed by atoms with Gasteiger partial charge in [0.25, 0.3) is 0 Å². The van der Waals surface area contributed by atoms with Crippen molar-refractivity contribution in [3.8, 4) is 5.75 Å². The highest BCUT2D eigenvalue weighted by atomic mass is 35.5. The van der Waals surface area contributed by atoms with Gasteiger partial charge in [-0.05, 0) is 18.2 Å². The van der Waals surface area contributed by atoms with Gasteiger partial charge in [0.1, 0.15) is 12.4 Å². The fraction of sp³-hybridized carbons (Fsp3) is 0.0714. The first-order chi connectivity index (χ1) is 8.68. The molecule has 4 heteroatoms. The Labute approximate surface area is 110 Å². The van der Waals surface area contributed by atoms with E-state index in [0.29, 0.717) is 5.02 Å². The lowest BCUT2D eigenvalue weighted by Crippen LogP contribution is -2.23. The molecule has 0 aromatic heterocycles. The fourth-order valence-corrected chi connectivity index (χ4v) is 1.72. The molecule has 0 radical (unpaired) electrons. The third-order valence-electron chi connectivity index (χ3n) is 2.45. The summed E-state index contributed by atoms with van der Waals surface area (Å²) in [7, 11) is 0. The van der Waals surface area contributed by atoms with Crippen LogP contribution in [0.15, 0.2) is 48.5 Å². The van der Waals surface area contributed by atoms with Gasteiger partial charge >= 0.3 is 0 Å². The smallest absolute Gasteiger partial charge is 0.128 e. The number of ether oxygens (including phenoxy) is 1. The zero-order valence-corrected chi connectivity index (χ0v) is 10.2. The van der Waals surface area contributed by atoms with Crippen LogP contribution >= 0.6 is 11.6 Å². The molecule has 18 heavy (non-hydrogen) atoms. The summed E-state index contributed by atoms with van der Waals surface area (Å²) in [6, 6.07) is 13.6. The Hall–Kier alpha value is -2.00. The number of hydrogen-bond acceptors (Lipinski definition) is 3. The van der Waals surface area contributed by atoms with Crippen LogP contribution in [0.5, 0.6) is 5.75 Å². The van der Waals surface area contributed by atoms with Gasteiger partial charge in [0.2, 0.25) is 0 Å². The predicted molar refractivity (Wildman–Crippen MR) is 66.6 cm³/mol. The van der Waals surface area contributed by atoms with Crippen LogP contribution in [0.4, 0.5) is 0 Å². The highest BCUT2D eigenvalue weighted by Gasteiger charge is 2.05. The second-order valence-corrected chi connectivity index (χ2v) is 4.07. The average Bonchev–Trinajstić information content (AvgIpc) is 2.38. The Morgan fingerprint density at radius 2 is 1.78 bits per heavy atom. The Balaban J connectivity index is 2.16. The van der Waals surface area contributed by atoms with Crippen LogP contribution in [-0.4, -0.2) is 5.97 Å². The van der Waals surface area contributed by atoms with Crippen molar-refractivity contribution in [3.63, 3.8) is 0 Å². The van der Waals surface area contributed by atoms with E-state index in [1.165, 1.54) is 6.07 Å². The van der Waals surface area contributed by atoms with Crippen molar-refractivity contribution in [3.05, 3.63) is 64.7 Å². The highest BCUT2D eigenvalue weighted by Crippen LogP contribution is 2.21. The van der Waals surface area contributed by atoms with Gasteiger partial charge in [0.15, 0.2) is 0 Å². The molecule has 2 aromatic rings. The number of para-hydroxylation sites is 1. The number of halogens is 1.